The van der Waals surface area contributed by atoms with Crippen molar-refractivity contribution in [3.8, 4) is 5.75 Å². The zero-order chi connectivity index (χ0) is 29.2. The van der Waals surface area contributed by atoms with E-state index in [2.05, 4.69) is 28.8 Å². The molecule has 12 nitrogen and oxygen atoms in total. The van der Waals surface area contributed by atoms with Crippen LogP contribution in [0.15, 0.2) is 54.6 Å². The van der Waals surface area contributed by atoms with Crippen LogP contribution in [0.5, 0.6) is 5.75 Å². The predicted molar refractivity (Wildman–Crippen MR) is 150 cm³/mol. The summed E-state index contributed by atoms with van der Waals surface area (Å²) in [6, 6.07) is 5.01. The summed E-state index contributed by atoms with van der Waals surface area (Å²) in [5.74, 6) is -1.26. The first-order valence-electron chi connectivity index (χ1n) is 12.6. The number of benzene rings is 1. The highest BCUT2D eigenvalue weighted by atomic mass is 16.5. The second kappa shape index (κ2) is 18.0. The second-order valence-corrected chi connectivity index (χ2v) is 8.55. The van der Waals surface area contributed by atoms with Crippen molar-refractivity contribution in [3.63, 3.8) is 0 Å². The smallest absolute Gasteiger partial charge is 0.328 e. The van der Waals surface area contributed by atoms with Crippen LogP contribution in [0.1, 0.15) is 39.0 Å². The molecule has 0 saturated carbocycles. The zero-order valence-corrected chi connectivity index (χ0v) is 22.7. The number of nitrogens with one attached hydrogen (secondary N) is 2. The van der Waals surface area contributed by atoms with Crippen LogP contribution in [0.25, 0.3) is 0 Å². The number of nitrogens with two attached hydrogens (primary N) is 2. The number of hydrogen-bond donors (Lipinski definition) is 4. The lowest BCUT2D eigenvalue weighted by molar-refractivity contribution is -0.145. The van der Waals surface area contributed by atoms with Gasteiger partial charge in [0.25, 0.3) is 0 Å². The molecule has 0 fully saturated rings. The van der Waals surface area contributed by atoms with Crippen molar-refractivity contribution in [1.29, 1.82) is 0 Å². The number of hydrogen-bond acceptors (Lipinski definition) is 7. The molecule has 39 heavy (non-hydrogen) atoms. The first-order chi connectivity index (χ1) is 18.6. The topological polar surface area (TPSA) is 178 Å². The molecule has 0 radical (unpaired) electrons. The van der Waals surface area contributed by atoms with E-state index in [-0.39, 0.29) is 37.7 Å². The third kappa shape index (κ3) is 12.6. The van der Waals surface area contributed by atoms with E-state index >= 15 is 0 Å². The Balaban J connectivity index is 2.88. The molecule has 0 heterocycles. The largest absolute Gasteiger partial charge is 0.490 e. The fourth-order valence-electron chi connectivity index (χ4n) is 3.56. The van der Waals surface area contributed by atoms with Gasteiger partial charge in [-0.15, -0.1) is 6.58 Å². The number of rotatable bonds is 18. The van der Waals surface area contributed by atoms with E-state index in [9.17, 15) is 19.2 Å². The molecule has 0 aliphatic rings. The summed E-state index contributed by atoms with van der Waals surface area (Å²) in [5, 5.41) is 5.33. The molecule has 0 spiro atoms. The first kappa shape index (κ1) is 32.7. The Labute approximate surface area is 229 Å². The summed E-state index contributed by atoms with van der Waals surface area (Å²) >= 11 is 0. The third-order valence-corrected chi connectivity index (χ3v) is 5.51. The highest BCUT2D eigenvalue weighted by Crippen LogP contribution is 2.20. The van der Waals surface area contributed by atoms with Crippen molar-refractivity contribution in [2.75, 3.05) is 31.7 Å². The summed E-state index contributed by atoms with van der Waals surface area (Å²) in [7, 11) is 1.22. The van der Waals surface area contributed by atoms with Crippen LogP contribution >= 0.6 is 0 Å². The van der Waals surface area contributed by atoms with Gasteiger partial charge in [0.15, 0.2) is 5.96 Å². The van der Waals surface area contributed by atoms with Gasteiger partial charge >= 0.3 is 5.97 Å². The number of carbonyl (C=O) groups is 4. The molecule has 6 N–H and O–H groups in total. The molecule has 1 aromatic carbocycles. The van der Waals surface area contributed by atoms with Gasteiger partial charge in [-0.2, -0.15) is 0 Å². The van der Waals surface area contributed by atoms with Crippen LogP contribution in [0.2, 0.25) is 0 Å². The SMILES string of the molecule is C=CCOc1ccc(N(CCC(=O)N[C@@H](CCCCN=C(N)N)C(=O)N[C@@H](CC=C)C(=O)OC)C(C)=O)cc1. The maximum Gasteiger partial charge on any atom is 0.328 e. The molecular weight excluding hydrogens is 504 g/mol. The number of unbranched alkanes of at least 4 members (excludes halogenated alkanes) is 1. The van der Waals surface area contributed by atoms with Crippen LogP contribution in [0, 0.1) is 0 Å². The summed E-state index contributed by atoms with van der Waals surface area (Å²) in [4.78, 5) is 55.5. The fraction of sp³-hybridized carbons (Fsp3) is 0.444. The van der Waals surface area contributed by atoms with Gasteiger partial charge in [0.05, 0.1) is 7.11 Å². The van der Waals surface area contributed by atoms with Gasteiger partial charge in [0.2, 0.25) is 17.7 Å². The third-order valence-electron chi connectivity index (χ3n) is 5.51. The maximum absolute atomic E-state index is 13.0. The molecule has 1 aromatic rings. The van der Waals surface area contributed by atoms with Gasteiger partial charge in [0.1, 0.15) is 24.4 Å². The molecule has 0 saturated heterocycles. The van der Waals surface area contributed by atoms with Gasteiger partial charge in [0, 0.05) is 32.1 Å². The van der Waals surface area contributed by atoms with E-state index < -0.39 is 29.9 Å². The average molecular weight is 545 g/mol. The minimum absolute atomic E-state index is 0.0307. The predicted octanol–water partition coefficient (Wildman–Crippen LogP) is 1.16. The highest BCUT2D eigenvalue weighted by Gasteiger charge is 2.26. The molecule has 0 aromatic heterocycles. The van der Waals surface area contributed by atoms with Crippen molar-refractivity contribution in [3.05, 3.63) is 49.6 Å². The molecule has 12 heteroatoms. The Morgan fingerprint density at radius 3 is 2.31 bits per heavy atom. The number of methoxy groups -OCH3 is 1. The number of nitrogens with zero attached hydrogens (tertiary/aromatic N) is 2. The Bertz CT molecular complexity index is 1010. The van der Waals surface area contributed by atoms with Crippen molar-refractivity contribution in [1.82, 2.24) is 10.6 Å². The Morgan fingerprint density at radius 1 is 1.05 bits per heavy atom. The molecule has 0 bridgehead atoms. The number of guanidine groups is 1. The molecular formula is C27H40N6O6. The number of esters is 1. The Kier molecular flexibility index (Phi) is 15.1. The van der Waals surface area contributed by atoms with Gasteiger partial charge in [-0.25, -0.2) is 4.79 Å². The Hall–Kier alpha value is -4.35. The minimum Gasteiger partial charge on any atom is -0.490 e. The molecule has 1 rings (SSSR count). The van der Waals surface area contributed by atoms with Crippen molar-refractivity contribution < 1.29 is 28.7 Å². The normalized spacial score (nSPS) is 11.7. The van der Waals surface area contributed by atoms with Crippen LogP contribution in [0.3, 0.4) is 0 Å². The number of anilines is 1. The van der Waals surface area contributed by atoms with E-state index in [1.165, 1.54) is 25.0 Å². The lowest BCUT2D eigenvalue weighted by Crippen LogP contribution is -2.52. The van der Waals surface area contributed by atoms with Crippen molar-refractivity contribution in [2.24, 2.45) is 16.5 Å². The quantitative estimate of drug-likeness (QED) is 0.0699. The summed E-state index contributed by atoms with van der Waals surface area (Å²) in [5.41, 5.74) is 11.3. The van der Waals surface area contributed by atoms with Gasteiger partial charge in [-0.1, -0.05) is 18.7 Å². The van der Waals surface area contributed by atoms with E-state index in [1.54, 1.807) is 30.3 Å². The maximum atomic E-state index is 13.0. The average Bonchev–Trinajstić information content (AvgIpc) is 2.90. The van der Waals surface area contributed by atoms with E-state index in [1.807, 2.05) is 0 Å². The standard InChI is InChI=1S/C27H40N6O6/c1-5-9-23(26(37)38-4)32-25(36)22(10-7-8-16-30-27(28)29)31-24(35)15-17-33(19(3)34)20-11-13-21(14-12-20)39-18-6-2/h5-6,11-14,22-23H,1-2,7-10,15-18H2,3-4H3,(H,31,35)(H,32,36)(H4,28,29,30)/t22-,23-/m0/s1. The summed E-state index contributed by atoms with van der Waals surface area (Å²) < 4.78 is 10.2. The number of aliphatic imine (C=N–C) groups is 1. The fourth-order valence-corrected chi connectivity index (χ4v) is 3.56. The Morgan fingerprint density at radius 2 is 1.74 bits per heavy atom. The van der Waals surface area contributed by atoms with Gasteiger partial charge in [-0.05, 0) is 49.9 Å². The molecule has 3 amide bonds. The first-order valence-corrected chi connectivity index (χ1v) is 12.6. The van der Waals surface area contributed by atoms with Crippen LogP contribution in [-0.4, -0.2) is 68.5 Å². The molecule has 0 unspecified atom stereocenters. The number of amides is 3. The summed E-state index contributed by atoms with van der Waals surface area (Å²) in [6.07, 6.45) is 4.60. The van der Waals surface area contributed by atoms with Gasteiger partial charge in [-0.3, -0.25) is 19.4 Å². The van der Waals surface area contributed by atoms with Crippen LogP contribution in [0.4, 0.5) is 5.69 Å². The lowest BCUT2D eigenvalue weighted by Gasteiger charge is -2.24. The molecule has 0 aliphatic carbocycles. The number of carbonyl (C=O) groups excluding carboxylic acids is 4. The second-order valence-electron chi connectivity index (χ2n) is 8.55. The monoisotopic (exact) mass is 544 g/mol. The van der Waals surface area contributed by atoms with Crippen LogP contribution < -0.4 is 31.7 Å². The van der Waals surface area contributed by atoms with Gasteiger partial charge < -0.3 is 36.5 Å². The van der Waals surface area contributed by atoms with Crippen molar-refractivity contribution >= 4 is 35.3 Å². The molecule has 0 aliphatic heterocycles. The van der Waals surface area contributed by atoms with E-state index in [0.29, 0.717) is 37.4 Å². The summed E-state index contributed by atoms with van der Waals surface area (Å²) in [6.45, 7) is 9.42. The van der Waals surface area contributed by atoms with Crippen molar-refractivity contribution in [2.45, 2.75) is 51.1 Å². The minimum atomic E-state index is -0.937. The highest BCUT2D eigenvalue weighted by molar-refractivity contribution is 5.93. The van der Waals surface area contributed by atoms with Crippen LogP contribution in [-0.2, 0) is 23.9 Å². The van der Waals surface area contributed by atoms with E-state index in [4.69, 9.17) is 20.9 Å². The molecule has 2 atom stereocenters. The number of ether oxygens (including phenoxy) is 2. The lowest BCUT2D eigenvalue weighted by atomic mass is 10.1. The van der Waals surface area contributed by atoms with E-state index in [0.717, 1.165) is 0 Å². The molecule has 214 valence electrons. The zero-order valence-electron chi connectivity index (χ0n) is 22.7.